The number of carbonyl (C=O) groups excluding carboxylic acids is 2. The van der Waals surface area contributed by atoms with E-state index < -0.39 is 0 Å². The van der Waals surface area contributed by atoms with Gasteiger partial charge in [-0.05, 0) is 42.3 Å². The van der Waals surface area contributed by atoms with E-state index >= 15 is 0 Å². The van der Waals surface area contributed by atoms with Gasteiger partial charge in [0.05, 0.1) is 18.9 Å². The van der Waals surface area contributed by atoms with E-state index in [2.05, 4.69) is 0 Å². The normalized spacial score (nSPS) is 14.5. The van der Waals surface area contributed by atoms with E-state index in [0.717, 1.165) is 5.56 Å². The molecule has 3 rings (SSSR count). The Kier molecular flexibility index (Phi) is 4.99. The van der Waals surface area contributed by atoms with Crippen LogP contribution in [-0.4, -0.2) is 54.9 Å². The second-order valence-corrected chi connectivity index (χ2v) is 6.22. The summed E-state index contributed by atoms with van der Waals surface area (Å²) in [5.41, 5.74) is 1.91. The Bertz CT molecular complexity index is 794. The summed E-state index contributed by atoms with van der Waals surface area (Å²) in [5.74, 6) is 0.448. The Morgan fingerprint density at radius 3 is 2.28 bits per heavy atom. The lowest BCUT2D eigenvalue weighted by atomic mass is 10.1. The third-order valence-electron chi connectivity index (χ3n) is 4.36. The molecule has 2 amide bonds. The molecule has 132 valence electrons. The molecule has 7 heteroatoms. The molecule has 0 aliphatic carbocycles. The monoisotopic (exact) mass is 362 g/mol. The van der Waals surface area contributed by atoms with Crippen LogP contribution in [0.3, 0.4) is 0 Å². The largest absolute Gasteiger partial charge is 0.496 e. The fraction of sp³-hybridized carbons (Fsp3) is 0.333. The number of halogens is 1. The third-order valence-corrected chi connectivity index (χ3v) is 4.65. The highest BCUT2D eigenvalue weighted by Crippen LogP contribution is 2.22. The molecule has 1 aliphatic heterocycles. The molecule has 1 aliphatic rings. The predicted molar refractivity (Wildman–Crippen MR) is 93.3 cm³/mol. The second kappa shape index (κ2) is 7.19. The van der Waals surface area contributed by atoms with Crippen molar-refractivity contribution in [1.82, 2.24) is 9.80 Å². The summed E-state index contributed by atoms with van der Waals surface area (Å²) < 4.78 is 10.2. The number of amides is 2. The Morgan fingerprint density at radius 1 is 1.08 bits per heavy atom. The fourth-order valence-corrected chi connectivity index (χ4v) is 3.06. The summed E-state index contributed by atoms with van der Waals surface area (Å²) >= 11 is 5.86. The van der Waals surface area contributed by atoms with Gasteiger partial charge in [-0.3, -0.25) is 9.59 Å². The number of carbonyl (C=O) groups is 2. The van der Waals surface area contributed by atoms with Crippen LogP contribution < -0.4 is 4.74 Å². The SMILES string of the molecule is COc1cc(C(=O)N2CCN(C(=O)c3ccoc3Cl)CC2)ccc1C. The maximum absolute atomic E-state index is 12.7. The van der Waals surface area contributed by atoms with E-state index in [1.807, 2.05) is 13.0 Å². The van der Waals surface area contributed by atoms with Gasteiger partial charge in [-0.2, -0.15) is 0 Å². The first-order chi connectivity index (χ1) is 12.0. The molecule has 6 nitrogen and oxygen atoms in total. The van der Waals surface area contributed by atoms with E-state index in [9.17, 15) is 9.59 Å². The Morgan fingerprint density at radius 2 is 1.72 bits per heavy atom. The second-order valence-electron chi connectivity index (χ2n) is 5.88. The summed E-state index contributed by atoms with van der Waals surface area (Å²) in [6, 6.07) is 6.97. The van der Waals surface area contributed by atoms with Gasteiger partial charge in [0.25, 0.3) is 11.8 Å². The smallest absolute Gasteiger partial charge is 0.258 e. The first-order valence-corrected chi connectivity index (χ1v) is 8.35. The lowest BCUT2D eigenvalue weighted by Crippen LogP contribution is -2.50. The van der Waals surface area contributed by atoms with Gasteiger partial charge in [0.15, 0.2) is 0 Å². The molecule has 1 fully saturated rings. The van der Waals surface area contributed by atoms with Crippen molar-refractivity contribution in [2.45, 2.75) is 6.92 Å². The minimum atomic E-state index is -0.178. The third kappa shape index (κ3) is 3.49. The number of methoxy groups -OCH3 is 1. The highest BCUT2D eigenvalue weighted by molar-refractivity contribution is 6.32. The maximum Gasteiger partial charge on any atom is 0.258 e. The number of piperazine rings is 1. The Balaban J connectivity index is 1.65. The minimum Gasteiger partial charge on any atom is -0.496 e. The van der Waals surface area contributed by atoms with Crippen LogP contribution in [0.1, 0.15) is 26.3 Å². The van der Waals surface area contributed by atoms with Crippen molar-refractivity contribution in [3.05, 3.63) is 52.4 Å². The minimum absolute atomic E-state index is 0.0632. The molecule has 25 heavy (non-hydrogen) atoms. The van der Waals surface area contributed by atoms with Crippen LogP contribution in [0, 0.1) is 6.92 Å². The molecular weight excluding hydrogens is 344 g/mol. The summed E-state index contributed by atoms with van der Waals surface area (Å²) in [7, 11) is 1.59. The standard InChI is InChI=1S/C18H19ClN2O4/c1-12-3-4-13(11-15(12)24-2)17(22)20-6-8-21(9-7-20)18(23)14-5-10-25-16(14)19/h3-5,10-11H,6-9H2,1-2H3. The van der Waals surface area contributed by atoms with Crippen LogP contribution in [0.15, 0.2) is 34.9 Å². The molecule has 0 N–H and O–H groups in total. The van der Waals surface area contributed by atoms with Crippen LogP contribution in [-0.2, 0) is 0 Å². The number of ether oxygens (including phenoxy) is 1. The van der Waals surface area contributed by atoms with Gasteiger partial charge in [-0.25, -0.2) is 0 Å². The van der Waals surface area contributed by atoms with E-state index in [4.69, 9.17) is 20.8 Å². The van der Waals surface area contributed by atoms with E-state index in [1.165, 1.54) is 6.26 Å². The van der Waals surface area contributed by atoms with Gasteiger partial charge >= 0.3 is 0 Å². The van der Waals surface area contributed by atoms with Crippen molar-refractivity contribution in [3.63, 3.8) is 0 Å². The van der Waals surface area contributed by atoms with Gasteiger partial charge in [0.2, 0.25) is 5.22 Å². The zero-order valence-electron chi connectivity index (χ0n) is 14.1. The molecule has 0 spiro atoms. The molecule has 0 atom stereocenters. The van der Waals surface area contributed by atoms with Gasteiger partial charge in [-0.1, -0.05) is 6.07 Å². The number of aryl methyl sites for hydroxylation is 1. The lowest BCUT2D eigenvalue weighted by molar-refractivity contribution is 0.0535. The lowest BCUT2D eigenvalue weighted by Gasteiger charge is -2.34. The molecule has 1 aromatic carbocycles. The van der Waals surface area contributed by atoms with Crippen molar-refractivity contribution in [3.8, 4) is 5.75 Å². The van der Waals surface area contributed by atoms with E-state index in [1.54, 1.807) is 35.1 Å². The Labute approximate surface area is 150 Å². The number of hydrogen-bond donors (Lipinski definition) is 0. The Hall–Kier alpha value is -2.47. The van der Waals surface area contributed by atoms with Crippen molar-refractivity contribution in [1.29, 1.82) is 0 Å². The number of benzene rings is 1. The molecular formula is C18H19ClN2O4. The average Bonchev–Trinajstić information content (AvgIpc) is 3.07. The van der Waals surface area contributed by atoms with Gasteiger partial charge in [-0.15, -0.1) is 0 Å². The molecule has 0 unspecified atom stereocenters. The van der Waals surface area contributed by atoms with Crippen molar-refractivity contribution in [2.75, 3.05) is 33.3 Å². The van der Waals surface area contributed by atoms with Gasteiger partial charge in [0.1, 0.15) is 5.75 Å². The van der Waals surface area contributed by atoms with Crippen LogP contribution in [0.2, 0.25) is 5.22 Å². The number of rotatable bonds is 3. The highest BCUT2D eigenvalue weighted by atomic mass is 35.5. The molecule has 2 aromatic rings. The number of furan rings is 1. The molecule has 0 radical (unpaired) electrons. The van der Waals surface area contributed by atoms with Gasteiger partial charge < -0.3 is 19.0 Å². The summed E-state index contributed by atoms with van der Waals surface area (Å²) in [6.45, 7) is 3.77. The first kappa shape index (κ1) is 17.4. The fourth-order valence-electron chi connectivity index (χ4n) is 2.86. The molecule has 2 heterocycles. The summed E-state index contributed by atoms with van der Waals surface area (Å²) in [5, 5.41) is 0.0928. The molecule has 0 bridgehead atoms. The van der Waals surface area contributed by atoms with Crippen LogP contribution in [0.5, 0.6) is 5.75 Å². The summed E-state index contributed by atoms with van der Waals surface area (Å²) in [6.07, 6.45) is 1.39. The summed E-state index contributed by atoms with van der Waals surface area (Å²) in [4.78, 5) is 28.5. The van der Waals surface area contributed by atoms with E-state index in [-0.39, 0.29) is 17.0 Å². The van der Waals surface area contributed by atoms with Crippen molar-refractivity contribution in [2.24, 2.45) is 0 Å². The number of nitrogens with zero attached hydrogens (tertiary/aromatic N) is 2. The van der Waals surface area contributed by atoms with Crippen molar-refractivity contribution < 1.29 is 18.7 Å². The number of hydrogen-bond acceptors (Lipinski definition) is 4. The maximum atomic E-state index is 12.7. The predicted octanol–water partition coefficient (Wildman–Crippen LogP) is 2.85. The van der Waals surface area contributed by atoms with Crippen molar-refractivity contribution >= 4 is 23.4 Å². The zero-order chi connectivity index (χ0) is 18.0. The average molecular weight is 363 g/mol. The van der Waals surface area contributed by atoms with Crippen LogP contribution in [0.4, 0.5) is 0 Å². The highest BCUT2D eigenvalue weighted by Gasteiger charge is 2.27. The molecule has 0 saturated carbocycles. The zero-order valence-corrected chi connectivity index (χ0v) is 14.9. The topological polar surface area (TPSA) is 63.0 Å². The van der Waals surface area contributed by atoms with Crippen LogP contribution in [0.25, 0.3) is 0 Å². The van der Waals surface area contributed by atoms with Gasteiger partial charge in [0, 0.05) is 31.7 Å². The molecule has 1 aromatic heterocycles. The van der Waals surface area contributed by atoms with E-state index in [0.29, 0.717) is 43.1 Å². The van der Waals surface area contributed by atoms with Crippen LogP contribution >= 0.6 is 11.6 Å². The molecule has 1 saturated heterocycles. The first-order valence-electron chi connectivity index (χ1n) is 7.97. The quantitative estimate of drug-likeness (QED) is 0.842.